The highest BCUT2D eigenvalue weighted by Gasteiger charge is 2.25. The Balaban J connectivity index is 1.07. The van der Waals surface area contributed by atoms with Crippen molar-refractivity contribution in [2.24, 2.45) is 15.9 Å². The number of rotatable bonds is 6. The maximum Gasteiger partial charge on any atom is 0.160 e. The minimum Gasteiger partial charge on any atom is -0.456 e. The van der Waals surface area contributed by atoms with Crippen molar-refractivity contribution in [1.82, 2.24) is 0 Å². The number of fused-ring (bicyclic) bond motifs is 6. The molecular weight excluding hydrogens is 681 g/mol. The maximum absolute atomic E-state index is 6.58. The van der Waals surface area contributed by atoms with Crippen molar-refractivity contribution >= 4 is 50.0 Å². The van der Waals surface area contributed by atoms with Crippen molar-refractivity contribution < 1.29 is 4.42 Å². The van der Waals surface area contributed by atoms with Crippen LogP contribution in [0.2, 0.25) is 0 Å². The van der Waals surface area contributed by atoms with E-state index in [0.29, 0.717) is 5.84 Å². The molecule has 2 heterocycles. The monoisotopic (exact) mass is 716 g/mol. The van der Waals surface area contributed by atoms with E-state index in [4.69, 9.17) is 14.4 Å². The number of furan rings is 1. The summed E-state index contributed by atoms with van der Waals surface area (Å²) in [5, 5.41) is 4.73. The predicted molar refractivity (Wildman–Crippen MR) is 234 cm³/mol. The van der Waals surface area contributed by atoms with Crippen molar-refractivity contribution in [2.45, 2.75) is 13.3 Å². The van der Waals surface area contributed by atoms with Crippen LogP contribution < -0.4 is 0 Å². The zero-order valence-corrected chi connectivity index (χ0v) is 30.9. The highest BCUT2D eigenvalue weighted by atomic mass is 16.3. The van der Waals surface area contributed by atoms with E-state index in [2.05, 4.69) is 183 Å². The molecule has 3 nitrogen and oxygen atoms in total. The number of aliphatic imine (C=N–C) groups is 2. The van der Waals surface area contributed by atoms with Crippen molar-refractivity contribution in [1.29, 1.82) is 0 Å². The molecule has 0 spiro atoms. The van der Waals surface area contributed by atoms with Gasteiger partial charge in [-0.1, -0.05) is 165 Å². The van der Waals surface area contributed by atoms with E-state index in [9.17, 15) is 0 Å². The summed E-state index contributed by atoms with van der Waals surface area (Å²) >= 11 is 0. The quantitative estimate of drug-likeness (QED) is 0.169. The van der Waals surface area contributed by atoms with Crippen molar-refractivity contribution in [3.63, 3.8) is 0 Å². The number of nitrogens with zero attached hydrogens (tertiary/aromatic N) is 2. The molecule has 2 aliphatic rings. The van der Waals surface area contributed by atoms with Crippen LogP contribution in [0.3, 0.4) is 0 Å². The molecule has 11 rings (SSSR count). The number of allylic oxidation sites excluding steroid dienone is 1. The largest absolute Gasteiger partial charge is 0.456 e. The van der Waals surface area contributed by atoms with Crippen LogP contribution in [0.25, 0.3) is 82.9 Å². The van der Waals surface area contributed by atoms with E-state index in [0.717, 1.165) is 62.0 Å². The first-order valence-electron chi connectivity index (χ1n) is 19.4. The van der Waals surface area contributed by atoms with Crippen LogP contribution in [-0.4, -0.2) is 11.5 Å². The molecule has 1 aliphatic carbocycles. The van der Waals surface area contributed by atoms with Gasteiger partial charge < -0.3 is 4.42 Å². The van der Waals surface area contributed by atoms with Gasteiger partial charge in [-0.3, -0.25) is 0 Å². The number of amidine groups is 1. The molecular formula is C53H36N2O. The molecule has 0 fully saturated rings. The van der Waals surface area contributed by atoms with Gasteiger partial charge in [0.25, 0.3) is 0 Å². The number of hydrogen-bond donors (Lipinski definition) is 0. The van der Waals surface area contributed by atoms with E-state index in [1.807, 2.05) is 6.07 Å². The summed E-state index contributed by atoms with van der Waals surface area (Å²) in [5.41, 5.74) is 16.7. The molecule has 1 aromatic heterocycles. The van der Waals surface area contributed by atoms with Gasteiger partial charge in [0, 0.05) is 27.8 Å². The van der Waals surface area contributed by atoms with Gasteiger partial charge in [-0.15, -0.1) is 0 Å². The summed E-state index contributed by atoms with van der Waals surface area (Å²) in [6.07, 6.45) is 3.19. The summed E-state index contributed by atoms with van der Waals surface area (Å²) in [5.74, 6) is 0.744. The second-order valence-electron chi connectivity index (χ2n) is 14.7. The molecule has 0 radical (unpaired) electrons. The maximum atomic E-state index is 6.58. The molecule has 0 saturated carbocycles. The molecule has 0 bridgehead atoms. The Morgan fingerprint density at radius 3 is 1.80 bits per heavy atom. The van der Waals surface area contributed by atoms with E-state index >= 15 is 0 Å². The zero-order valence-electron chi connectivity index (χ0n) is 30.9. The average molecular weight is 717 g/mol. The van der Waals surface area contributed by atoms with E-state index in [-0.39, 0.29) is 5.92 Å². The van der Waals surface area contributed by atoms with Gasteiger partial charge >= 0.3 is 0 Å². The fourth-order valence-electron chi connectivity index (χ4n) is 8.83. The van der Waals surface area contributed by atoms with Gasteiger partial charge in [0.2, 0.25) is 0 Å². The molecule has 0 N–H and O–H groups in total. The first-order valence-corrected chi connectivity index (χ1v) is 19.4. The van der Waals surface area contributed by atoms with Gasteiger partial charge in [-0.05, 0) is 91.5 Å². The Labute approximate surface area is 325 Å². The number of hydrogen-bond acceptors (Lipinski definition) is 3. The lowest BCUT2D eigenvalue weighted by atomic mass is 9.90. The van der Waals surface area contributed by atoms with Crippen LogP contribution in [0.15, 0.2) is 196 Å². The van der Waals surface area contributed by atoms with Gasteiger partial charge in [-0.25, -0.2) is 9.98 Å². The van der Waals surface area contributed by atoms with Crippen LogP contribution in [0.1, 0.15) is 30.0 Å². The molecule has 264 valence electrons. The van der Waals surface area contributed by atoms with E-state index in [1.165, 1.54) is 49.7 Å². The molecule has 9 aromatic rings. The summed E-state index contributed by atoms with van der Waals surface area (Å²) in [4.78, 5) is 10.8. The SMILES string of the molecule is CCC1C=C(c2cccc3oc4ccc(-c5ccc6c7c(cccc57)-c5ccccc5-6)cc4c23)N=C(c2ccccc2)N=C1c1ccc(-c2ccccc2)cc1. The topological polar surface area (TPSA) is 37.9 Å². The molecule has 1 aliphatic heterocycles. The highest BCUT2D eigenvalue weighted by Crippen LogP contribution is 2.49. The van der Waals surface area contributed by atoms with Crippen LogP contribution in [0, 0.1) is 5.92 Å². The highest BCUT2D eigenvalue weighted by molar-refractivity contribution is 6.20. The van der Waals surface area contributed by atoms with Crippen molar-refractivity contribution in [3.05, 3.63) is 199 Å². The van der Waals surface area contributed by atoms with Gasteiger partial charge in [-0.2, -0.15) is 0 Å². The summed E-state index contributed by atoms with van der Waals surface area (Å²) < 4.78 is 6.58. The summed E-state index contributed by atoms with van der Waals surface area (Å²) in [7, 11) is 0. The Kier molecular flexibility index (Phi) is 7.53. The van der Waals surface area contributed by atoms with Crippen molar-refractivity contribution in [3.8, 4) is 44.5 Å². The van der Waals surface area contributed by atoms with Crippen LogP contribution >= 0.6 is 0 Å². The minimum atomic E-state index is 0.0409. The lowest BCUT2D eigenvalue weighted by Crippen LogP contribution is -2.15. The zero-order chi connectivity index (χ0) is 37.2. The minimum absolute atomic E-state index is 0.0409. The average Bonchev–Trinajstić information content (AvgIpc) is 3.73. The Morgan fingerprint density at radius 2 is 1.04 bits per heavy atom. The third kappa shape index (κ3) is 5.20. The van der Waals surface area contributed by atoms with Crippen LogP contribution in [0.4, 0.5) is 0 Å². The molecule has 1 unspecified atom stereocenters. The van der Waals surface area contributed by atoms with Crippen LogP contribution in [-0.2, 0) is 0 Å². The number of benzene rings is 8. The lowest BCUT2D eigenvalue weighted by molar-refractivity contribution is 0.669. The normalized spacial score (nSPS) is 14.7. The molecule has 3 heteroatoms. The second kappa shape index (κ2) is 13.0. The molecule has 1 atom stereocenters. The Morgan fingerprint density at radius 1 is 0.429 bits per heavy atom. The smallest absolute Gasteiger partial charge is 0.160 e. The third-order valence-corrected chi connectivity index (χ3v) is 11.6. The Hall–Kier alpha value is -7.10. The lowest BCUT2D eigenvalue weighted by Gasteiger charge is -2.15. The molecule has 56 heavy (non-hydrogen) atoms. The fourth-order valence-corrected chi connectivity index (χ4v) is 8.83. The summed E-state index contributed by atoms with van der Waals surface area (Å²) in [6, 6.07) is 62.7. The summed E-state index contributed by atoms with van der Waals surface area (Å²) in [6.45, 7) is 2.23. The van der Waals surface area contributed by atoms with Crippen molar-refractivity contribution in [2.75, 3.05) is 0 Å². The fraction of sp³-hybridized carbons (Fsp3) is 0.0566. The predicted octanol–water partition coefficient (Wildman–Crippen LogP) is 14.0. The third-order valence-electron chi connectivity index (χ3n) is 11.6. The van der Waals surface area contributed by atoms with Gasteiger partial charge in [0.05, 0.1) is 11.4 Å². The van der Waals surface area contributed by atoms with Crippen LogP contribution in [0.5, 0.6) is 0 Å². The molecule has 0 saturated heterocycles. The first-order chi connectivity index (χ1) is 27.7. The standard InChI is InChI=1S/C53H36N2O/c1-2-33-32-47(54-53(37-15-7-4-8-16-37)55-52(33)36-25-23-35(24-26-36)34-13-5-3-6-14-34)45-21-12-22-49-51(45)46-31-38(27-30-48(46)56-49)39-28-29-44-41-18-10-9-17-40(41)43-20-11-19-42(39)50(43)44/h3-33H,2H2,1H3. The van der Waals surface area contributed by atoms with Gasteiger partial charge in [0.1, 0.15) is 11.2 Å². The second-order valence-corrected chi connectivity index (χ2v) is 14.7. The Bertz CT molecular complexity index is 3060. The van der Waals surface area contributed by atoms with E-state index in [1.54, 1.807) is 0 Å². The van der Waals surface area contributed by atoms with E-state index < -0.39 is 0 Å². The molecule has 0 amide bonds. The molecule has 8 aromatic carbocycles. The van der Waals surface area contributed by atoms with Gasteiger partial charge in [0.15, 0.2) is 5.84 Å². The first kappa shape index (κ1) is 32.3.